The normalized spacial score (nSPS) is 23.4. The minimum absolute atomic E-state index is 0.123. The van der Waals surface area contributed by atoms with Crippen LogP contribution in [0.2, 0.25) is 5.02 Å². The fourth-order valence-electron chi connectivity index (χ4n) is 5.84. The zero-order valence-corrected chi connectivity index (χ0v) is 21.9. The second kappa shape index (κ2) is 11.0. The highest BCUT2D eigenvalue weighted by atomic mass is 35.5. The Morgan fingerprint density at radius 2 is 1.83 bits per heavy atom. The van der Waals surface area contributed by atoms with Crippen molar-refractivity contribution in [3.05, 3.63) is 52.0 Å². The van der Waals surface area contributed by atoms with Crippen LogP contribution in [0.1, 0.15) is 48.4 Å². The van der Waals surface area contributed by atoms with Gasteiger partial charge in [-0.05, 0) is 68.0 Å². The highest BCUT2D eigenvalue weighted by Gasteiger charge is 2.36. The smallest absolute Gasteiger partial charge is 0.161 e. The summed E-state index contributed by atoms with van der Waals surface area (Å²) < 4.78 is 22.6. The molecule has 3 fully saturated rings. The second-order valence-corrected chi connectivity index (χ2v) is 10.2. The number of fused-ring (bicyclic) bond motifs is 1. The van der Waals surface area contributed by atoms with E-state index in [4.69, 9.17) is 30.5 Å². The Hall–Kier alpha value is -1.99. The molecule has 0 unspecified atom stereocenters. The van der Waals surface area contributed by atoms with Crippen molar-refractivity contribution in [2.75, 3.05) is 51.5 Å². The molecule has 3 aliphatic rings. The molecule has 0 saturated carbocycles. The minimum Gasteiger partial charge on any atom is -0.495 e. The highest BCUT2D eigenvalue weighted by Crippen LogP contribution is 2.40. The van der Waals surface area contributed by atoms with E-state index in [9.17, 15) is 0 Å². The molecule has 0 N–H and O–H groups in total. The summed E-state index contributed by atoms with van der Waals surface area (Å²) in [6, 6.07) is 11.6. The van der Waals surface area contributed by atoms with Gasteiger partial charge >= 0.3 is 0 Å². The molecule has 3 heterocycles. The van der Waals surface area contributed by atoms with Gasteiger partial charge in [-0.25, -0.2) is 0 Å². The zero-order valence-electron chi connectivity index (χ0n) is 21.1. The van der Waals surface area contributed by atoms with Crippen LogP contribution < -0.4 is 14.4 Å². The number of piperazine rings is 1. The molecule has 0 aliphatic carbocycles. The van der Waals surface area contributed by atoms with Gasteiger partial charge < -0.3 is 23.8 Å². The van der Waals surface area contributed by atoms with Crippen molar-refractivity contribution in [1.82, 2.24) is 4.90 Å². The summed E-state index contributed by atoms with van der Waals surface area (Å²) in [6.45, 7) is 9.49. The molecule has 5 rings (SSSR count). The summed E-state index contributed by atoms with van der Waals surface area (Å²) >= 11 is 6.26. The number of piperidine rings is 1. The van der Waals surface area contributed by atoms with E-state index in [-0.39, 0.29) is 6.29 Å². The molecule has 3 saturated heterocycles. The Kier molecular flexibility index (Phi) is 7.73. The van der Waals surface area contributed by atoms with E-state index in [1.54, 1.807) is 7.11 Å². The number of rotatable bonds is 7. The first kappa shape index (κ1) is 24.7. The summed E-state index contributed by atoms with van der Waals surface area (Å²) in [7, 11) is 1.67. The molecule has 6 nitrogen and oxygen atoms in total. The van der Waals surface area contributed by atoms with Crippen molar-refractivity contribution in [3.63, 3.8) is 0 Å². The van der Waals surface area contributed by atoms with Gasteiger partial charge in [-0.1, -0.05) is 17.7 Å². The van der Waals surface area contributed by atoms with Crippen molar-refractivity contribution < 1.29 is 18.9 Å². The molecule has 2 aromatic carbocycles. The number of anilines is 1. The lowest BCUT2D eigenvalue weighted by molar-refractivity contribution is -0.0531. The van der Waals surface area contributed by atoms with Gasteiger partial charge in [-0.15, -0.1) is 0 Å². The van der Waals surface area contributed by atoms with E-state index in [1.807, 2.05) is 6.07 Å². The quantitative estimate of drug-likeness (QED) is 0.498. The summed E-state index contributed by atoms with van der Waals surface area (Å²) in [5.74, 6) is 1.71. The van der Waals surface area contributed by atoms with E-state index in [1.165, 1.54) is 41.6 Å². The van der Waals surface area contributed by atoms with E-state index >= 15 is 0 Å². The Morgan fingerprint density at radius 3 is 2.63 bits per heavy atom. The van der Waals surface area contributed by atoms with Crippen LogP contribution in [0.15, 0.2) is 30.3 Å². The predicted octanol–water partition coefficient (Wildman–Crippen LogP) is 5.52. The van der Waals surface area contributed by atoms with E-state index in [0.717, 1.165) is 37.6 Å². The molecule has 0 aromatic heterocycles. The van der Waals surface area contributed by atoms with Crippen molar-refractivity contribution in [2.24, 2.45) is 0 Å². The lowest BCUT2D eigenvalue weighted by Gasteiger charge is -2.49. The fraction of sp³-hybridized carbons (Fsp3) is 0.571. The molecule has 0 amide bonds. The third kappa shape index (κ3) is 5.26. The molecule has 0 radical (unpaired) electrons. The molecule has 3 aliphatic heterocycles. The van der Waals surface area contributed by atoms with Gasteiger partial charge in [0.15, 0.2) is 6.29 Å². The van der Waals surface area contributed by atoms with Crippen LogP contribution in [0, 0.1) is 13.8 Å². The molecule has 7 heteroatoms. The molecule has 2 atom stereocenters. The Balaban J connectivity index is 1.26. The first-order valence-corrected chi connectivity index (χ1v) is 13.2. The standard InChI is InChI=1S/C28H37ClN2O4/c1-19-20(2)26(33-14-11-28-34-15-16-35-28)10-8-23(19)25-6-4-5-22-18-30(12-13-31(22)25)21-7-9-24(29)27(17-21)32-3/h7-10,17,22,25,28H,4-6,11-16,18H2,1-3H3/t22-,25+/m0/s1. The van der Waals surface area contributed by atoms with E-state index in [2.05, 4.69) is 47.9 Å². The number of halogens is 1. The van der Waals surface area contributed by atoms with Gasteiger partial charge in [0.2, 0.25) is 0 Å². The molecule has 190 valence electrons. The average Bonchev–Trinajstić information content (AvgIpc) is 3.40. The number of ether oxygens (including phenoxy) is 4. The van der Waals surface area contributed by atoms with Crippen molar-refractivity contribution in [3.8, 4) is 11.5 Å². The van der Waals surface area contributed by atoms with Crippen molar-refractivity contribution >= 4 is 17.3 Å². The Labute approximate surface area is 214 Å². The van der Waals surface area contributed by atoms with Crippen molar-refractivity contribution in [2.45, 2.75) is 57.9 Å². The maximum absolute atomic E-state index is 6.26. The summed E-state index contributed by atoms with van der Waals surface area (Å²) in [5.41, 5.74) is 5.23. The first-order chi connectivity index (χ1) is 17.0. The van der Waals surface area contributed by atoms with Crippen LogP contribution in [0.5, 0.6) is 11.5 Å². The third-order valence-corrected chi connectivity index (χ3v) is 8.20. The summed E-state index contributed by atoms with van der Waals surface area (Å²) in [5, 5.41) is 0.658. The topological polar surface area (TPSA) is 43.4 Å². The molecular formula is C28H37ClN2O4. The Bertz CT molecular complexity index is 1030. The molecule has 0 spiro atoms. The molecule has 2 aromatic rings. The third-order valence-electron chi connectivity index (χ3n) is 7.88. The average molecular weight is 501 g/mol. The van der Waals surface area contributed by atoms with Gasteiger partial charge in [-0.2, -0.15) is 0 Å². The predicted molar refractivity (Wildman–Crippen MR) is 139 cm³/mol. The fourth-order valence-corrected chi connectivity index (χ4v) is 6.03. The van der Waals surface area contributed by atoms with E-state index in [0.29, 0.717) is 36.9 Å². The van der Waals surface area contributed by atoms with Crippen LogP contribution in [-0.4, -0.2) is 63.8 Å². The SMILES string of the molecule is COc1cc(N2CCN3[C@@H](CCC[C@@H]3c3ccc(OCCC4OCCO4)c(C)c3C)C2)ccc1Cl. The second-order valence-electron chi connectivity index (χ2n) is 9.81. The van der Waals surface area contributed by atoms with Gasteiger partial charge in [-0.3, -0.25) is 4.90 Å². The van der Waals surface area contributed by atoms with Crippen LogP contribution in [0.25, 0.3) is 0 Å². The van der Waals surface area contributed by atoms with Gasteiger partial charge in [0.1, 0.15) is 11.5 Å². The van der Waals surface area contributed by atoms with E-state index < -0.39 is 0 Å². The Morgan fingerprint density at radius 1 is 1.00 bits per heavy atom. The molecular weight excluding hydrogens is 464 g/mol. The maximum Gasteiger partial charge on any atom is 0.161 e. The lowest BCUT2D eigenvalue weighted by Crippen LogP contribution is -2.56. The number of benzene rings is 2. The van der Waals surface area contributed by atoms with Crippen LogP contribution in [0.3, 0.4) is 0 Å². The number of methoxy groups -OCH3 is 1. The molecule has 35 heavy (non-hydrogen) atoms. The van der Waals surface area contributed by atoms with Crippen molar-refractivity contribution in [1.29, 1.82) is 0 Å². The number of hydrogen-bond donors (Lipinski definition) is 0. The van der Waals surface area contributed by atoms with Crippen LogP contribution in [0.4, 0.5) is 5.69 Å². The zero-order chi connectivity index (χ0) is 24.4. The van der Waals surface area contributed by atoms with Crippen LogP contribution in [-0.2, 0) is 9.47 Å². The number of nitrogens with zero attached hydrogens (tertiary/aromatic N) is 2. The minimum atomic E-state index is -0.123. The molecule has 0 bridgehead atoms. The van der Waals surface area contributed by atoms with Gasteiger partial charge in [0, 0.05) is 49.9 Å². The first-order valence-electron chi connectivity index (χ1n) is 12.9. The lowest BCUT2D eigenvalue weighted by atomic mass is 9.86. The highest BCUT2D eigenvalue weighted by molar-refractivity contribution is 6.32. The van der Waals surface area contributed by atoms with Crippen LogP contribution >= 0.6 is 11.6 Å². The number of hydrogen-bond acceptors (Lipinski definition) is 6. The monoisotopic (exact) mass is 500 g/mol. The summed E-state index contributed by atoms with van der Waals surface area (Å²) in [4.78, 5) is 5.22. The maximum atomic E-state index is 6.26. The summed E-state index contributed by atoms with van der Waals surface area (Å²) in [6.07, 6.45) is 4.34. The van der Waals surface area contributed by atoms with Gasteiger partial charge in [0.05, 0.1) is 32.0 Å². The largest absolute Gasteiger partial charge is 0.495 e. The van der Waals surface area contributed by atoms with Gasteiger partial charge in [0.25, 0.3) is 0 Å².